The summed E-state index contributed by atoms with van der Waals surface area (Å²) in [6, 6.07) is 0. The van der Waals surface area contributed by atoms with Gasteiger partial charge < -0.3 is 0 Å². The molecule has 0 saturated carbocycles. The van der Waals surface area contributed by atoms with E-state index in [0.29, 0.717) is 0 Å². The van der Waals surface area contributed by atoms with Crippen LogP contribution in [0.2, 0.25) is 0 Å². The number of aromatic nitrogens is 6. The summed E-state index contributed by atoms with van der Waals surface area (Å²) in [4.78, 5) is 0. The van der Waals surface area contributed by atoms with Gasteiger partial charge in [0.25, 0.3) is 0 Å². The minimum Gasteiger partial charge on any atom is -0.266 e. The molecule has 0 bridgehead atoms. The van der Waals surface area contributed by atoms with Gasteiger partial charge in [-0.05, 0) is 6.42 Å². The molecule has 0 unspecified atom stereocenters. The predicted molar refractivity (Wildman–Crippen MR) is 42.1 cm³/mol. The van der Waals surface area contributed by atoms with Crippen molar-refractivity contribution in [2.24, 2.45) is 0 Å². The zero-order valence-corrected chi connectivity index (χ0v) is 6.73. The Morgan fingerprint density at radius 1 is 1.33 bits per heavy atom. The molecule has 0 fully saturated rings. The summed E-state index contributed by atoms with van der Waals surface area (Å²) in [7, 11) is 0. The fourth-order valence-corrected chi connectivity index (χ4v) is 0.565. The van der Waals surface area contributed by atoms with Gasteiger partial charge in [-0.25, -0.2) is 0 Å². The number of hydrogen-bond donors (Lipinski definition) is 2. The van der Waals surface area contributed by atoms with E-state index in [2.05, 4.69) is 30.8 Å². The molecule has 0 aliphatic rings. The Hall–Kier alpha value is -1.72. The number of nitrogens with zero attached hydrogens (tertiary/aromatic N) is 4. The van der Waals surface area contributed by atoms with Crippen molar-refractivity contribution >= 4 is 0 Å². The lowest BCUT2D eigenvalue weighted by molar-refractivity contribution is 0.908. The van der Waals surface area contributed by atoms with Gasteiger partial charge in [0.15, 0.2) is 0 Å². The summed E-state index contributed by atoms with van der Waals surface area (Å²) < 4.78 is 0. The van der Waals surface area contributed by atoms with E-state index in [0.717, 1.165) is 12.1 Å². The normalized spacial score (nSPS) is 8.75. The van der Waals surface area contributed by atoms with Crippen LogP contribution in [-0.2, 0) is 6.42 Å². The molecule has 0 atom stereocenters. The van der Waals surface area contributed by atoms with E-state index in [1.807, 2.05) is 6.92 Å². The average molecular weight is 166 g/mol. The van der Waals surface area contributed by atoms with Crippen molar-refractivity contribution in [3.05, 3.63) is 24.3 Å². The highest BCUT2D eigenvalue weighted by Crippen LogP contribution is 1.85. The van der Waals surface area contributed by atoms with E-state index >= 15 is 0 Å². The van der Waals surface area contributed by atoms with Crippen molar-refractivity contribution in [2.45, 2.75) is 13.3 Å². The highest BCUT2D eigenvalue weighted by atomic mass is 15.3. The number of hydrogen-bond acceptors (Lipinski definition) is 4. The maximum Gasteiger partial charge on any atom is 0.0821 e. The molecule has 6 heteroatoms. The van der Waals surface area contributed by atoms with Crippen LogP contribution in [0.1, 0.15) is 12.6 Å². The van der Waals surface area contributed by atoms with E-state index in [1.165, 1.54) is 0 Å². The summed E-state index contributed by atoms with van der Waals surface area (Å²) in [6.07, 6.45) is 5.98. The fourth-order valence-electron chi connectivity index (χ4n) is 0.565. The Balaban J connectivity index is 0.000000127. The molecule has 2 heterocycles. The van der Waals surface area contributed by atoms with Crippen molar-refractivity contribution in [2.75, 3.05) is 0 Å². The molecule has 0 aliphatic heterocycles. The quantitative estimate of drug-likeness (QED) is 0.632. The maximum absolute atomic E-state index is 3.73. The molecule has 0 spiro atoms. The number of rotatable bonds is 1. The first kappa shape index (κ1) is 8.38. The van der Waals surface area contributed by atoms with Crippen LogP contribution in [0, 0.1) is 0 Å². The van der Waals surface area contributed by atoms with Crippen molar-refractivity contribution in [1.82, 2.24) is 30.8 Å². The number of aryl methyl sites for hydroxylation is 1. The third-order valence-electron chi connectivity index (χ3n) is 1.16. The molecule has 12 heavy (non-hydrogen) atoms. The highest BCUT2D eigenvalue weighted by molar-refractivity contribution is 4.87. The van der Waals surface area contributed by atoms with Crippen molar-refractivity contribution < 1.29 is 0 Å². The molecule has 2 aromatic heterocycles. The molecule has 0 aliphatic carbocycles. The summed E-state index contributed by atoms with van der Waals surface area (Å²) in [5.74, 6) is 0. The molecule has 0 radical (unpaired) electrons. The summed E-state index contributed by atoms with van der Waals surface area (Å²) >= 11 is 0. The standard InChI is InChI=1S/C4H7N3.C2H3N3/c1-2-4-3-5-7-6-4;1-2-4-5-3-1/h3H,2H2,1H3,(H,5,6,7);1-2H,(H,3,4,5). The Kier molecular flexibility index (Phi) is 3.49. The van der Waals surface area contributed by atoms with E-state index in [1.54, 1.807) is 18.6 Å². The van der Waals surface area contributed by atoms with E-state index < -0.39 is 0 Å². The second kappa shape index (κ2) is 5.00. The first-order chi connectivity index (χ1) is 5.93. The number of H-pyrrole nitrogens is 2. The lowest BCUT2D eigenvalue weighted by Gasteiger charge is -1.74. The minimum atomic E-state index is 0.955. The Bertz CT molecular complexity index is 243. The molecule has 6 nitrogen and oxygen atoms in total. The first-order valence-electron chi connectivity index (χ1n) is 3.59. The largest absolute Gasteiger partial charge is 0.266 e. The van der Waals surface area contributed by atoms with Crippen LogP contribution >= 0.6 is 0 Å². The van der Waals surface area contributed by atoms with Crippen molar-refractivity contribution in [3.8, 4) is 0 Å². The van der Waals surface area contributed by atoms with Crippen LogP contribution in [0.25, 0.3) is 0 Å². The van der Waals surface area contributed by atoms with Crippen molar-refractivity contribution in [1.29, 1.82) is 0 Å². The van der Waals surface area contributed by atoms with E-state index in [4.69, 9.17) is 0 Å². The Morgan fingerprint density at radius 2 is 2.25 bits per heavy atom. The molecule has 64 valence electrons. The first-order valence-corrected chi connectivity index (χ1v) is 3.59. The van der Waals surface area contributed by atoms with E-state index in [9.17, 15) is 0 Å². The van der Waals surface area contributed by atoms with Crippen LogP contribution in [0.4, 0.5) is 0 Å². The third kappa shape index (κ3) is 2.91. The van der Waals surface area contributed by atoms with Gasteiger partial charge in [0, 0.05) is 12.4 Å². The smallest absolute Gasteiger partial charge is 0.0821 e. The van der Waals surface area contributed by atoms with Gasteiger partial charge in [0.1, 0.15) is 0 Å². The van der Waals surface area contributed by atoms with Crippen LogP contribution < -0.4 is 0 Å². The molecular weight excluding hydrogens is 156 g/mol. The van der Waals surface area contributed by atoms with Crippen LogP contribution in [-0.4, -0.2) is 30.8 Å². The van der Waals surface area contributed by atoms with Crippen LogP contribution in [0.15, 0.2) is 18.6 Å². The van der Waals surface area contributed by atoms with Crippen molar-refractivity contribution in [3.63, 3.8) is 0 Å². The van der Waals surface area contributed by atoms with Gasteiger partial charge in [0.2, 0.25) is 0 Å². The number of aromatic amines is 2. The number of nitrogens with one attached hydrogen (secondary N) is 2. The molecule has 0 aromatic carbocycles. The lowest BCUT2D eigenvalue weighted by atomic mass is 10.4. The van der Waals surface area contributed by atoms with Gasteiger partial charge in [-0.15, -0.1) is 10.2 Å². The third-order valence-corrected chi connectivity index (χ3v) is 1.16. The molecular formula is C6H10N6. The topological polar surface area (TPSA) is 83.1 Å². The van der Waals surface area contributed by atoms with E-state index in [-0.39, 0.29) is 0 Å². The zero-order chi connectivity index (χ0) is 8.65. The molecule has 2 aromatic rings. The SMILES string of the molecule is CCc1c[nH]nn1.c1c[nH]nn1. The molecule has 0 amide bonds. The van der Waals surface area contributed by atoms with Crippen LogP contribution in [0.3, 0.4) is 0 Å². The second-order valence-corrected chi connectivity index (χ2v) is 1.98. The maximum atomic E-state index is 3.73. The average Bonchev–Trinajstić information content (AvgIpc) is 2.81. The minimum absolute atomic E-state index is 0.955. The van der Waals surface area contributed by atoms with Gasteiger partial charge in [-0.3, -0.25) is 10.2 Å². The lowest BCUT2D eigenvalue weighted by Crippen LogP contribution is -1.76. The molecule has 2 rings (SSSR count). The molecule has 2 N–H and O–H groups in total. The highest BCUT2D eigenvalue weighted by Gasteiger charge is 1.85. The zero-order valence-electron chi connectivity index (χ0n) is 6.73. The monoisotopic (exact) mass is 166 g/mol. The second-order valence-electron chi connectivity index (χ2n) is 1.98. The summed E-state index contributed by atoms with van der Waals surface area (Å²) in [6.45, 7) is 2.04. The van der Waals surface area contributed by atoms with Gasteiger partial charge in [-0.1, -0.05) is 17.4 Å². The summed E-state index contributed by atoms with van der Waals surface area (Å²) in [5, 5.41) is 19.1. The predicted octanol–water partition coefficient (Wildman–Crippen LogP) is 0.172. The fraction of sp³-hybridized carbons (Fsp3) is 0.333. The van der Waals surface area contributed by atoms with Crippen LogP contribution in [0.5, 0.6) is 0 Å². The summed E-state index contributed by atoms with van der Waals surface area (Å²) in [5.41, 5.74) is 1.01. The Labute approximate surface area is 69.4 Å². The van der Waals surface area contributed by atoms with Gasteiger partial charge in [-0.2, -0.15) is 0 Å². The molecule has 0 saturated heterocycles. The van der Waals surface area contributed by atoms with Gasteiger partial charge >= 0.3 is 0 Å². The van der Waals surface area contributed by atoms with Gasteiger partial charge in [0.05, 0.1) is 11.9 Å². The Morgan fingerprint density at radius 3 is 2.50 bits per heavy atom.